The predicted molar refractivity (Wildman–Crippen MR) is 90.5 cm³/mol. The van der Waals surface area contributed by atoms with E-state index in [0.29, 0.717) is 23.7 Å². The summed E-state index contributed by atoms with van der Waals surface area (Å²) >= 11 is 6.07. The molecule has 0 atom stereocenters. The molecule has 1 aromatic heterocycles. The van der Waals surface area contributed by atoms with Crippen LogP contribution >= 0.6 is 11.6 Å². The van der Waals surface area contributed by atoms with E-state index < -0.39 is 0 Å². The van der Waals surface area contributed by atoms with Crippen LogP contribution in [-0.4, -0.2) is 39.9 Å². The molecule has 0 radical (unpaired) electrons. The molecule has 0 amide bonds. The minimum atomic E-state index is -0.146. The molecule has 5 heteroatoms. The van der Waals surface area contributed by atoms with Gasteiger partial charge in [-0.15, -0.1) is 0 Å². The molecule has 1 aromatic carbocycles. The molecule has 23 heavy (non-hydrogen) atoms. The number of carbonyl (C=O) groups excluding carboxylic acids is 1. The summed E-state index contributed by atoms with van der Waals surface area (Å²) in [7, 11) is 2.04. The van der Waals surface area contributed by atoms with E-state index in [1.165, 1.54) is 5.56 Å². The molecule has 2 aromatic rings. The monoisotopic (exact) mass is 326 g/mol. The smallest absolute Gasteiger partial charge is 0.224 e. The van der Waals surface area contributed by atoms with E-state index >= 15 is 0 Å². The average Bonchev–Trinajstić information content (AvgIpc) is 2.87. The molecule has 2 aliphatic rings. The highest BCUT2D eigenvalue weighted by atomic mass is 35.5. The van der Waals surface area contributed by atoms with E-state index in [4.69, 9.17) is 17.0 Å². The second-order valence-corrected chi connectivity index (χ2v) is 6.67. The van der Waals surface area contributed by atoms with Crippen LogP contribution in [0, 0.1) is 5.41 Å². The van der Waals surface area contributed by atoms with E-state index in [1.54, 1.807) is 0 Å². The molecule has 1 N–H and O–H groups in total. The second-order valence-electron chi connectivity index (χ2n) is 6.24. The normalized spacial score (nSPS) is 16.8. The van der Waals surface area contributed by atoms with Gasteiger partial charge in [-0.25, -0.2) is 4.58 Å². The highest BCUT2D eigenvalue weighted by Crippen LogP contribution is 2.29. The van der Waals surface area contributed by atoms with Gasteiger partial charge >= 0.3 is 0 Å². The lowest BCUT2D eigenvalue weighted by Gasteiger charge is -2.19. The first-order valence-corrected chi connectivity index (χ1v) is 8.08. The zero-order chi connectivity index (χ0) is 16.1. The zero-order valence-electron chi connectivity index (χ0n) is 12.9. The van der Waals surface area contributed by atoms with Gasteiger partial charge in [0, 0.05) is 24.2 Å². The van der Waals surface area contributed by atoms with Gasteiger partial charge in [0.05, 0.1) is 17.7 Å². The largest absolute Gasteiger partial charge is 0.339 e. The number of likely N-dealkylation sites (N-methyl/N-ethyl adjacent to an activating group) is 1. The SMILES string of the molecule is C[N+]1=C2CC(=N)C(=O)c3c2c(cn3Cc2cccc(Cl)c2)CC1. The molecule has 0 unspecified atom stereocenters. The van der Waals surface area contributed by atoms with Crippen molar-refractivity contribution < 1.29 is 9.37 Å². The maximum atomic E-state index is 12.6. The fourth-order valence-electron chi connectivity index (χ4n) is 3.55. The summed E-state index contributed by atoms with van der Waals surface area (Å²) in [6, 6.07) is 7.69. The molecule has 0 bridgehead atoms. The van der Waals surface area contributed by atoms with Crippen LogP contribution in [0.3, 0.4) is 0 Å². The molecular formula is C18H17ClN3O+. The van der Waals surface area contributed by atoms with Gasteiger partial charge < -0.3 is 9.98 Å². The Kier molecular flexibility index (Phi) is 3.23. The van der Waals surface area contributed by atoms with Crippen molar-refractivity contribution in [3.63, 3.8) is 0 Å². The van der Waals surface area contributed by atoms with Gasteiger partial charge in [0.15, 0.2) is 5.71 Å². The van der Waals surface area contributed by atoms with E-state index in [0.717, 1.165) is 29.8 Å². The van der Waals surface area contributed by atoms with E-state index in [9.17, 15) is 4.79 Å². The Bertz CT molecular complexity index is 892. The summed E-state index contributed by atoms with van der Waals surface area (Å²) in [6.45, 7) is 1.53. The number of nitrogens with one attached hydrogen (secondary N) is 1. The molecule has 1 aliphatic carbocycles. The van der Waals surface area contributed by atoms with E-state index in [2.05, 4.69) is 10.8 Å². The lowest BCUT2D eigenvalue weighted by Crippen LogP contribution is -2.36. The number of hydrogen-bond acceptors (Lipinski definition) is 2. The summed E-state index contributed by atoms with van der Waals surface area (Å²) in [4.78, 5) is 12.6. The topological polar surface area (TPSA) is 48.9 Å². The number of Topliss-reactive ketones (excluding diaryl/α,β-unsaturated/α-hetero) is 1. The Morgan fingerprint density at radius 1 is 1.39 bits per heavy atom. The van der Waals surface area contributed by atoms with Gasteiger partial charge in [-0.1, -0.05) is 23.7 Å². The number of benzene rings is 1. The first-order valence-electron chi connectivity index (χ1n) is 7.70. The fourth-order valence-corrected chi connectivity index (χ4v) is 3.77. The number of hydrogen-bond donors (Lipinski definition) is 1. The molecule has 0 saturated carbocycles. The van der Waals surface area contributed by atoms with Crippen molar-refractivity contribution in [2.24, 2.45) is 0 Å². The quantitative estimate of drug-likeness (QED) is 0.848. The van der Waals surface area contributed by atoms with Crippen molar-refractivity contribution in [2.45, 2.75) is 19.4 Å². The standard InChI is InChI=1S/C18H17ClN3O/c1-21-6-5-12-10-22(9-11-3-2-4-13(19)7-11)17-16(12)15(21)8-14(20)18(17)23/h2-4,7,10,20H,5-6,8-9H2,1H3/q+1. The highest BCUT2D eigenvalue weighted by molar-refractivity contribution is 6.51. The van der Waals surface area contributed by atoms with Crippen molar-refractivity contribution in [2.75, 3.05) is 13.6 Å². The number of rotatable bonds is 2. The summed E-state index contributed by atoms with van der Waals surface area (Å²) < 4.78 is 4.17. The molecule has 0 spiro atoms. The summed E-state index contributed by atoms with van der Waals surface area (Å²) in [6.07, 6.45) is 3.46. The maximum absolute atomic E-state index is 12.6. The number of aromatic nitrogens is 1. The molecule has 0 fully saturated rings. The van der Waals surface area contributed by atoms with Gasteiger partial charge in [0.1, 0.15) is 19.3 Å². The zero-order valence-corrected chi connectivity index (χ0v) is 13.7. The molecule has 4 nitrogen and oxygen atoms in total. The molecule has 0 saturated heterocycles. The average molecular weight is 327 g/mol. The first-order chi connectivity index (χ1) is 11.0. The van der Waals surface area contributed by atoms with Crippen molar-refractivity contribution in [3.8, 4) is 0 Å². The Morgan fingerprint density at radius 2 is 2.22 bits per heavy atom. The van der Waals surface area contributed by atoms with Crippen LogP contribution in [0.2, 0.25) is 5.02 Å². The maximum Gasteiger partial charge on any atom is 0.224 e. The second kappa shape index (κ2) is 5.17. The minimum absolute atomic E-state index is 0.146. The van der Waals surface area contributed by atoms with E-state index in [-0.39, 0.29) is 11.5 Å². The third-order valence-electron chi connectivity index (χ3n) is 4.70. The number of ketones is 1. The lowest BCUT2D eigenvalue weighted by molar-refractivity contribution is -0.498. The highest BCUT2D eigenvalue weighted by Gasteiger charge is 2.39. The summed E-state index contributed by atoms with van der Waals surface area (Å²) in [5.41, 5.74) is 5.28. The van der Waals surface area contributed by atoms with Crippen LogP contribution in [0.5, 0.6) is 0 Å². The van der Waals surface area contributed by atoms with Crippen LogP contribution in [0.1, 0.15) is 33.6 Å². The van der Waals surface area contributed by atoms with Crippen molar-refractivity contribution >= 4 is 28.8 Å². The summed E-state index contributed by atoms with van der Waals surface area (Å²) in [5, 5.41) is 8.76. The van der Waals surface area contributed by atoms with Gasteiger partial charge in [0.25, 0.3) is 0 Å². The van der Waals surface area contributed by atoms with Gasteiger partial charge in [-0.05, 0) is 23.3 Å². The van der Waals surface area contributed by atoms with Crippen LogP contribution in [0.4, 0.5) is 0 Å². The minimum Gasteiger partial charge on any atom is -0.339 e. The van der Waals surface area contributed by atoms with Crippen LogP contribution < -0.4 is 0 Å². The number of carbonyl (C=O) groups is 1. The molecular weight excluding hydrogens is 310 g/mol. The third kappa shape index (κ3) is 2.25. The fraction of sp³-hybridized carbons (Fsp3) is 0.278. The lowest BCUT2D eigenvalue weighted by atomic mass is 9.87. The Labute approximate surface area is 139 Å². The van der Waals surface area contributed by atoms with Gasteiger partial charge in [-0.3, -0.25) is 4.79 Å². The van der Waals surface area contributed by atoms with Crippen LogP contribution in [0.25, 0.3) is 0 Å². The van der Waals surface area contributed by atoms with Crippen molar-refractivity contribution in [1.82, 2.24) is 4.57 Å². The molecule has 1 aliphatic heterocycles. The Balaban J connectivity index is 1.87. The molecule has 116 valence electrons. The summed E-state index contributed by atoms with van der Waals surface area (Å²) in [5.74, 6) is -0.146. The Hall–Kier alpha value is -2.20. The molecule has 4 rings (SSSR count). The van der Waals surface area contributed by atoms with Crippen LogP contribution in [-0.2, 0) is 13.0 Å². The van der Waals surface area contributed by atoms with E-state index in [1.807, 2.05) is 35.9 Å². The van der Waals surface area contributed by atoms with Crippen molar-refractivity contribution in [3.05, 3.63) is 57.9 Å². The number of halogens is 1. The van der Waals surface area contributed by atoms with Gasteiger partial charge in [-0.2, -0.15) is 0 Å². The van der Waals surface area contributed by atoms with Gasteiger partial charge in [0.2, 0.25) is 5.78 Å². The first kappa shape index (κ1) is 14.4. The van der Waals surface area contributed by atoms with Crippen LogP contribution in [0.15, 0.2) is 30.5 Å². The third-order valence-corrected chi connectivity index (χ3v) is 4.93. The predicted octanol–water partition coefficient (Wildman–Crippen LogP) is 2.78. The van der Waals surface area contributed by atoms with Crippen molar-refractivity contribution in [1.29, 1.82) is 5.41 Å². The number of nitrogens with zero attached hydrogens (tertiary/aromatic N) is 2. The molecule has 2 heterocycles. The Morgan fingerprint density at radius 3 is 3.00 bits per heavy atom.